The fourth-order valence-corrected chi connectivity index (χ4v) is 2.23. The summed E-state index contributed by atoms with van der Waals surface area (Å²) in [6.45, 7) is 6.45. The number of carbonyl (C=O) groups is 1. The number of nitrogens with one attached hydrogen (secondary N) is 2. The van der Waals surface area contributed by atoms with Crippen molar-refractivity contribution in [3.05, 3.63) is 29.8 Å². The largest absolute Gasteiger partial charge is 0.489 e. The molecular weight excluding hydrogens is 240 g/mol. The summed E-state index contributed by atoms with van der Waals surface area (Å²) in [7, 11) is 0. The highest BCUT2D eigenvalue weighted by atomic mass is 16.5. The summed E-state index contributed by atoms with van der Waals surface area (Å²) in [4.78, 5) is 11.8. The Morgan fingerprint density at radius 3 is 2.79 bits per heavy atom. The van der Waals surface area contributed by atoms with Crippen molar-refractivity contribution in [2.45, 2.75) is 32.3 Å². The van der Waals surface area contributed by atoms with Crippen LogP contribution in [0.15, 0.2) is 24.3 Å². The molecule has 1 fully saturated rings. The van der Waals surface area contributed by atoms with E-state index >= 15 is 0 Å². The Hall–Kier alpha value is -1.55. The molecule has 0 aromatic heterocycles. The van der Waals surface area contributed by atoms with Crippen molar-refractivity contribution < 1.29 is 9.53 Å². The highest BCUT2D eigenvalue weighted by molar-refractivity contribution is 5.83. The van der Waals surface area contributed by atoms with Crippen molar-refractivity contribution >= 4 is 5.91 Å². The zero-order valence-corrected chi connectivity index (χ0v) is 11.6. The predicted octanol–water partition coefficient (Wildman–Crippen LogP) is 1.67. The lowest BCUT2D eigenvalue weighted by molar-refractivity contribution is -0.122. The molecule has 1 amide bonds. The maximum absolute atomic E-state index is 11.8. The molecule has 19 heavy (non-hydrogen) atoms. The van der Waals surface area contributed by atoms with Gasteiger partial charge < -0.3 is 15.4 Å². The number of hydrogen-bond acceptors (Lipinski definition) is 3. The van der Waals surface area contributed by atoms with Gasteiger partial charge in [0.05, 0.1) is 5.92 Å². The van der Waals surface area contributed by atoms with Crippen LogP contribution in [0.1, 0.15) is 31.7 Å². The smallest absolute Gasteiger partial charge is 0.227 e. The fourth-order valence-electron chi connectivity index (χ4n) is 2.23. The second-order valence-electron chi connectivity index (χ2n) is 4.92. The Morgan fingerprint density at radius 2 is 2.21 bits per heavy atom. The van der Waals surface area contributed by atoms with Crippen LogP contribution in [0.25, 0.3) is 0 Å². The van der Waals surface area contributed by atoms with E-state index in [4.69, 9.17) is 4.74 Å². The first kappa shape index (κ1) is 13.9. The van der Waals surface area contributed by atoms with Crippen LogP contribution in [0.4, 0.5) is 0 Å². The third-order valence-electron chi connectivity index (χ3n) is 3.44. The van der Waals surface area contributed by atoms with Crippen LogP contribution >= 0.6 is 0 Å². The normalized spacial score (nSPS) is 20.0. The lowest BCUT2D eigenvalue weighted by Gasteiger charge is -2.15. The van der Waals surface area contributed by atoms with Crippen LogP contribution in [0, 0.1) is 0 Å². The van der Waals surface area contributed by atoms with Crippen molar-refractivity contribution in [3.63, 3.8) is 0 Å². The van der Waals surface area contributed by atoms with Gasteiger partial charge >= 0.3 is 0 Å². The predicted molar refractivity (Wildman–Crippen MR) is 75.4 cm³/mol. The van der Waals surface area contributed by atoms with Gasteiger partial charge in [0, 0.05) is 13.1 Å². The zero-order valence-electron chi connectivity index (χ0n) is 11.6. The lowest BCUT2D eigenvalue weighted by Crippen LogP contribution is -2.27. The van der Waals surface area contributed by atoms with Gasteiger partial charge in [-0.1, -0.05) is 12.1 Å². The van der Waals surface area contributed by atoms with Crippen molar-refractivity contribution in [2.75, 3.05) is 19.6 Å². The first-order chi connectivity index (χ1) is 9.20. The molecule has 1 aromatic carbocycles. The standard InChI is InChI=1S/C15H22N2O2/c1-3-17-15(18)11(2)12-4-6-13(7-5-12)19-14-8-9-16-10-14/h4-7,11,14,16H,3,8-10H2,1-2H3,(H,17,18)/t11?,14-/m1/s1. The molecule has 0 bridgehead atoms. The van der Waals surface area contributed by atoms with E-state index in [2.05, 4.69) is 10.6 Å². The van der Waals surface area contributed by atoms with E-state index in [0.717, 1.165) is 30.8 Å². The van der Waals surface area contributed by atoms with Crippen LogP contribution in [0.2, 0.25) is 0 Å². The number of ether oxygens (including phenoxy) is 1. The third-order valence-corrected chi connectivity index (χ3v) is 3.44. The number of likely N-dealkylation sites (N-methyl/N-ethyl adjacent to an activating group) is 1. The van der Waals surface area contributed by atoms with Crippen molar-refractivity contribution in [1.82, 2.24) is 10.6 Å². The van der Waals surface area contributed by atoms with E-state index in [9.17, 15) is 4.79 Å². The molecule has 0 radical (unpaired) electrons. The minimum atomic E-state index is -0.123. The Kier molecular flexibility index (Phi) is 4.80. The zero-order chi connectivity index (χ0) is 13.7. The summed E-state index contributed by atoms with van der Waals surface area (Å²) in [5.41, 5.74) is 1.02. The van der Waals surface area contributed by atoms with Crippen LogP contribution in [-0.4, -0.2) is 31.6 Å². The van der Waals surface area contributed by atoms with Crippen LogP contribution in [-0.2, 0) is 4.79 Å². The number of hydrogen-bond donors (Lipinski definition) is 2. The quantitative estimate of drug-likeness (QED) is 0.848. The summed E-state index contributed by atoms with van der Waals surface area (Å²) in [6.07, 6.45) is 1.32. The van der Waals surface area contributed by atoms with Crippen LogP contribution < -0.4 is 15.4 Å². The first-order valence-electron chi connectivity index (χ1n) is 6.95. The Balaban J connectivity index is 1.95. The maximum atomic E-state index is 11.8. The van der Waals surface area contributed by atoms with Gasteiger partial charge in [0.1, 0.15) is 11.9 Å². The molecule has 2 N–H and O–H groups in total. The first-order valence-corrected chi connectivity index (χ1v) is 6.95. The van der Waals surface area contributed by atoms with Gasteiger partial charge in [-0.25, -0.2) is 0 Å². The second kappa shape index (κ2) is 6.57. The Bertz CT molecular complexity index is 411. The number of carbonyl (C=O) groups excluding carboxylic acids is 1. The Morgan fingerprint density at radius 1 is 1.47 bits per heavy atom. The van der Waals surface area contributed by atoms with Gasteiger partial charge in [0.2, 0.25) is 5.91 Å². The number of amides is 1. The SMILES string of the molecule is CCNC(=O)C(C)c1ccc(O[C@@H]2CCNC2)cc1. The van der Waals surface area contributed by atoms with Gasteiger partial charge in [0.25, 0.3) is 0 Å². The third kappa shape index (κ3) is 3.70. The Labute approximate surface area is 114 Å². The molecule has 1 aromatic rings. The molecule has 1 aliphatic rings. The summed E-state index contributed by atoms with van der Waals surface area (Å²) in [5.74, 6) is 0.818. The fraction of sp³-hybridized carbons (Fsp3) is 0.533. The molecule has 1 unspecified atom stereocenters. The van der Waals surface area contributed by atoms with Gasteiger partial charge in [-0.3, -0.25) is 4.79 Å². The van der Waals surface area contributed by atoms with E-state index in [0.29, 0.717) is 6.54 Å². The van der Waals surface area contributed by atoms with Crippen LogP contribution in [0.3, 0.4) is 0 Å². The lowest BCUT2D eigenvalue weighted by atomic mass is 10.0. The topological polar surface area (TPSA) is 50.4 Å². The molecule has 1 saturated heterocycles. The molecule has 104 valence electrons. The number of rotatable bonds is 5. The molecule has 0 saturated carbocycles. The number of benzene rings is 1. The molecular formula is C15H22N2O2. The van der Waals surface area contributed by atoms with Crippen molar-refractivity contribution in [2.24, 2.45) is 0 Å². The molecule has 2 atom stereocenters. The van der Waals surface area contributed by atoms with Gasteiger partial charge in [-0.15, -0.1) is 0 Å². The van der Waals surface area contributed by atoms with E-state index in [1.807, 2.05) is 38.1 Å². The molecule has 4 nitrogen and oxygen atoms in total. The highest BCUT2D eigenvalue weighted by Gasteiger charge is 2.17. The van der Waals surface area contributed by atoms with Gasteiger partial charge in [-0.2, -0.15) is 0 Å². The van der Waals surface area contributed by atoms with Crippen molar-refractivity contribution in [1.29, 1.82) is 0 Å². The summed E-state index contributed by atoms with van der Waals surface area (Å²) in [6, 6.07) is 7.84. The average molecular weight is 262 g/mol. The summed E-state index contributed by atoms with van der Waals surface area (Å²) < 4.78 is 5.85. The van der Waals surface area contributed by atoms with E-state index in [1.54, 1.807) is 0 Å². The van der Waals surface area contributed by atoms with Gasteiger partial charge in [0.15, 0.2) is 0 Å². The molecule has 1 aliphatic heterocycles. The minimum absolute atomic E-state index is 0.0659. The molecule has 0 spiro atoms. The average Bonchev–Trinajstić information content (AvgIpc) is 2.92. The monoisotopic (exact) mass is 262 g/mol. The summed E-state index contributed by atoms with van der Waals surface area (Å²) >= 11 is 0. The minimum Gasteiger partial charge on any atom is -0.489 e. The second-order valence-corrected chi connectivity index (χ2v) is 4.92. The van der Waals surface area contributed by atoms with Gasteiger partial charge in [-0.05, 0) is 44.5 Å². The van der Waals surface area contributed by atoms with Crippen molar-refractivity contribution in [3.8, 4) is 5.75 Å². The molecule has 4 heteroatoms. The molecule has 0 aliphatic carbocycles. The maximum Gasteiger partial charge on any atom is 0.227 e. The highest BCUT2D eigenvalue weighted by Crippen LogP contribution is 2.21. The van der Waals surface area contributed by atoms with E-state index in [-0.39, 0.29) is 17.9 Å². The molecule has 2 rings (SSSR count). The van der Waals surface area contributed by atoms with Crippen LogP contribution in [0.5, 0.6) is 5.75 Å². The van der Waals surface area contributed by atoms with E-state index < -0.39 is 0 Å². The summed E-state index contributed by atoms with van der Waals surface area (Å²) in [5, 5.41) is 6.11. The van der Waals surface area contributed by atoms with E-state index in [1.165, 1.54) is 0 Å². The molecule has 1 heterocycles.